The lowest BCUT2D eigenvalue weighted by Gasteiger charge is -2.35. The van der Waals surface area contributed by atoms with Crippen LogP contribution in [0.3, 0.4) is 0 Å². The van der Waals surface area contributed by atoms with Crippen molar-refractivity contribution in [1.82, 2.24) is 0 Å². The van der Waals surface area contributed by atoms with Crippen LogP contribution in [0.5, 0.6) is 0 Å². The first-order valence-corrected chi connectivity index (χ1v) is 7.80. The van der Waals surface area contributed by atoms with Crippen molar-refractivity contribution in [3.05, 3.63) is 86.0 Å². The van der Waals surface area contributed by atoms with Crippen molar-refractivity contribution in [3.8, 4) is 0 Å². The highest BCUT2D eigenvalue weighted by Gasteiger charge is 2.38. The van der Waals surface area contributed by atoms with E-state index in [-0.39, 0.29) is 23.1 Å². The molecule has 2 atom stereocenters. The molecule has 0 saturated carbocycles. The molecule has 0 spiro atoms. The Kier molecular flexibility index (Phi) is 5.28. The minimum absolute atomic E-state index is 0.0164. The quantitative estimate of drug-likeness (QED) is 0.559. The Morgan fingerprint density at radius 3 is 2.04 bits per heavy atom. The Bertz CT molecular complexity index is 716. The fraction of sp³-hybridized carbons (Fsp3) is 0.333. The Balaban J connectivity index is 2.49. The molecule has 0 heterocycles. The molecule has 0 aromatic heterocycles. The third-order valence-corrected chi connectivity index (χ3v) is 4.77. The van der Waals surface area contributed by atoms with Crippen LogP contribution in [0.2, 0.25) is 0 Å². The number of nitro groups is 2. The lowest BCUT2D eigenvalue weighted by Crippen LogP contribution is -2.34. The number of hydrogen-bond donors (Lipinski definition) is 0. The van der Waals surface area contributed by atoms with Crippen LogP contribution in [0, 0.1) is 20.2 Å². The van der Waals surface area contributed by atoms with Gasteiger partial charge in [0.15, 0.2) is 0 Å². The summed E-state index contributed by atoms with van der Waals surface area (Å²) in [5, 5.41) is 22.1. The molecule has 0 aliphatic heterocycles. The second-order valence-electron chi connectivity index (χ2n) is 6.05. The van der Waals surface area contributed by atoms with Crippen LogP contribution in [0.15, 0.2) is 54.6 Å². The highest BCUT2D eigenvalue weighted by atomic mass is 16.6. The Labute approximate surface area is 140 Å². The predicted molar refractivity (Wildman–Crippen MR) is 91.8 cm³/mol. The summed E-state index contributed by atoms with van der Waals surface area (Å²) in [6, 6.07) is 15.7. The summed E-state index contributed by atoms with van der Waals surface area (Å²) in [5.74, 6) is -0.319. The van der Waals surface area contributed by atoms with Gasteiger partial charge in [-0.2, -0.15) is 0 Å². The van der Waals surface area contributed by atoms with E-state index in [1.54, 1.807) is 12.1 Å². The molecular weight excluding hydrogens is 308 g/mol. The van der Waals surface area contributed by atoms with Crippen molar-refractivity contribution in [1.29, 1.82) is 0 Å². The fourth-order valence-electron chi connectivity index (χ4n) is 3.12. The van der Waals surface area contributed by atoms with Gasteiger partial charge in [-0.15, -0.1) is 0 Å². The number of benzene rings is 2. The third kappa shape index (κ3) is 3.59. The van der Waals surface area contributed by atoms with E-state index in [2.05, 4.69) is 0 Å². The maximum absolute atomic E-state index is 11.2. The predicted octanol–water partition coefficient (Wildman–Crippen LogP) is 4.32. The van der Waals surface area contributed by atoms with E-state index >= 15 is 0 Å². The summed E-state index contributed by atoms with van der Waals surface area (Å²) in [6.07, 6.45) is 0.679. The lowest BCUT2D eigenvalue weighted by molar-refractivity contribution is -0.485. The first-order chi connectivity index (χ1) is 11.4. The number of nitro benzene ring substituents is 1. The monoisotopic (exact) mass is 328 g/mol. The molecule has 6 nitrogen and oxygen atoms in total. The standard InChI is InChI=1S/C18H20N2O4/c1-3-18(2,15-9-11-16(12-10-15)20(23)24)17(13-19(21)22)14-7-5-4-6-8-14/h4-12,17H,3,13H2,1-2H3. The number of non-ortho nitro benzene ring substituents is 1. The van der Waals surface area contributed by atoms with Crippen LogP contribution in [0.25, 0.3) is 0 Å². The van der Waals surface area contributed by atoms with Gasteiger partial charge in [-0.05, 0) is 17.5 Å². The van der Waals surface area contributed by atoms with Gasteiger partial charge in [0.05, 0.1) is 10.8 Å². The van der Waals surface area contributed by atoms with Crippen molar-refractivity contribution in [3.63, 3.8) is 0 Å². The van der Waals surface area contributed by atoms with Gasteiger partial charge in [0.1, 0.15) is 0 Å². The normalized spacial score (nSPS) is 14.6. The molecule has 2 aromatic carbocycles. The van der Waals surface area contributed by atoms with E-state index in [9.17, 15) is 20.2 Å². The number of rotatable bonds is 7. The molecule has 0 saturated heterocycles. The van der Waals surface area contributed by atoms with Gasteiger partial charge in [0.25, 0.3) is 5.69 Å². The number of nitrogens with zero attached hydrogens (tertiary/aromatic N) is 2. The summed E-state index contributed by atoms with van der Waals surface area (Å²) in [7, 11) is 0. The van der Waals surface area contributed by atoms with Gasteiger partial charge >= 0.3 is 0 Å². The van der Waals surface area contributed by atoms with Crippen LogP contribution < -0.4 is 0 Å². The van der Waals surface area contributed by atoms with Crippen molar-refractivity contribution in [2.45, 2.75) is 31.6 Å². The van der Waals surface area contributed by atoms with E-state index in [1.807, 2.05) is 44.2 Å². The first-order valence-electron chi connectivity index (χ1n) is 7.80. The van der Waals surface area contributed by atoms with Crippen LogP contribution in [-0.4, -0.2) is 16.4 Å². The van der Waals surface area contributed by atoms with Gasteiger partial charge < -0.3 is 0 Å². The summed E-state index contributed by atoms with van der Waals surface area (Å²) >= 11 is 0. The Hall–Kier alpha value is -2.76. The molecule has 0 amide bonds. The summed E-state index contributed by atoms with van der Waals surface area (Å²) < 4.78 is 0. The minimum atomic E-state index is -0.496. The Morgan fingerprint density at radius 2 is 1.58 bits per heavy atom. The van der Waals surface area contributed by atoms with E-state index in [0.29, 0.717) is 6.42 Å². The van der Waals surface area contributed by atoms with E-state index < -0.39 is 10.3 Å². The lowest BCUT2D eigenvalue weighted by atomic mass is 9.67. The first kappa shape index (κ1) is 17.6. The average molecular weight is 328 g/mol. The summed E-state index contributed by atoms with van der Waals surface area (Å²) in [4.78, 5) is 21.3. The van der Waals surface area contributed by atoms with Crippen molar-refractivity contribution < 1.29 is 9.85 Å². The largest absolute Gasteiger partial charge is 0.269 e. The highest BCUT2D eigenvalue weighted by molar-refractivity contribution is 5.39. The van der Waals surface area contributed by atoms with Crippen LogP contribution in [0.4, 0.5) is 5.69 Å². The molecule has 0 radical (unpaired) electrons. The zero-order chi connectivity index (χ0) is 17.7. The van der Waals surface area contributed by atoms with E-state index in [4.69, 9.17) is 0 Å². The zero-order valence-electron chi connectivity index (χ0n) is 13.7. The molecular formula is C18H20N2O4. The molecule has 2 unspecified atom stereocenters. The number of hydrogen-bond acceptors (Lipinski definition) is 4. The molecule has 0 aliphatic rings. The van der Waals surface area contributed by atoms with Gasteiger partial charge in [-0.1, -0.05) is 56.3 Å². The van der Waals surface area contributed by atoms with Crippen LogP contribution in [-0.2, 0) is 5.41 Å². The molecule has 126 valence electrons. The molecule has 2 rings (SSSR count). The summed E-state index contributed by atoms with van der Waals surface area (Å²) in [6.45, 7) is 3.78. The van der Waals surface area contributed by atoms with E-state index in [0.717, 1.165) is 11.1 Å². The molecule has 0 bridgehead atoms. The molecule has 6 heteroatoms. The second-order valence-corrected chi connectivity index (χ2v) is 6.05. The minimum Gasteiger partial charge on any atom is -0.265 e. The molecule has 0 N–H and O–H groups in total. The van der Waals surface area contributed by atoms with Gasteiger partial charge in [0.2, 0.25) is 6.54 Å². The molecule has 2 aromatic rings. The van der Waals surface area contributed by atoms with Crippen molar-refractivity contribution in [2.75, 3.05) is 6.54 Å². The SMILES string of the molecule is CCC(C)(c1ccc([N+](=O)[O-])cc1)C(C[N+](=O)[O-])c1ccccc1. The van der Waals surface area contributed by atoms with Gasteiger partial charge in [-0.25, -0.2) is 0 Å². The van der Waals surface area contributed by atoms with Gasteiger partial charge in [0, 0.05) is 22.5 Å². The Morgan fingerprint density at radius 1 is 1.00 bits per heavy atom. The topological polar surface area (TPSA) is 86.3 Å². The third-order valence-electron chi connectivity index (χ3n) is 4.77. The summed E-state index contributed by atoms with van der Waals surface area (Å²) in [5.41, 5.74) is 1.29. The molecule has 24 heavy (non-hydrogen) atoms. The maximum Gasteiger partial charge on any atom is 0.269 e. The fourth-order valence-corrected chi connectivity index (χ4v) is 3.12. The maximum atomic E-state index is 11.2. The van der Waals surface area contributed by atoms with Gasteiger partial charge in [-0.3, -0.25) is 20.2 Å². The molecule has 0 aliphatic carbocycles. The van der Waals surface area contributed by atoms with E-state index in [1.165, 1.54) is 12.1 Å². The second kappa shape index (κ2) is 7.21. The van der Waals surface area contributed by atoms with Crippen LogP contribution >= 0.6 is 0 Å². The highest BCUT2D eigenvalue weighted by Crippen LogP contribution is 2.42. The van der Waals surface area contributed by atoms with Crippen molar-refractivity contribution >= 4 is 5.69 Å². The smallest absolute Gasteiger partial charge is 0.265 e. The molecule has 0 fully saturated rings. The van der Waals surface area contributed by atoms with Crippen molar-refractivity contribution in [2.24, 2.45) is 0 Å². The zero-order valence-corrected chi connectivity index (χ0v) is 13.7. The average Bonchev–Trinajstić information content (AvgIpc) is 2.59. The van der Waals surface area contributed by atoms with Crippen LogP contribution in [0.1, 0.15) is 37.3 Å².